The van der Waals surface area contributed by atoms with Gasteiger partial charge in [0, 0.05) is 30.4 Å². The summed E-state index contributed by atoms with van der Waals surface area (Å²) in [6.07, 6.45) is 0. The molecule has 0 saturated heterocycles. The standard InChI is InChI=1S/C23H22F2N2O3S/c1-3-27(31(29,30)20-11-4-16(2)5-12-20)15-17-6-8-18(9-7-17)23(28)26-19-10-13-21(24)22(25)14-19/h4-14H,3,15H2,1-2H3,(H,26,28). The Balaban J connectivity index is 1.71. The van der Waals surface area contributed by atoms with E-state index in [0.29, 0.717) is 11.1 Å². The number of anilines is 1. The van der Waals surface area contributed by atoms with E-state index in [4.69, 9.17) is 0 Å². The fraction of sp³-hybridized carbons (Fsp3) is 0.174. The molecule has 3 rings (SSSR count). The number of carbonyl (C=O) groups excluding carboxylic acids is 1. The van der Waals surface area contributed by atoms with Gasteiger partial charge in [0.15, 0.2) is 11.6 Å². The Labute approximate surface area is 180 Å². The average Bonchev–Trinajstić information content (AvgIpc) is 2.75. The van der Waals surface area contributed by atoms with E-state index in [0.717, 1.165) is 17.7 Å². The molecule has 0 unspecified atom stereocenters. The van der Waals surface area contributed by atoms with Gasteiger partial charge in [-0.05, 0) is 48.9 Å². The third-order valence-corrected chi connectivity index (χ3v) is 6.70. The molecule has 0 heterocycles. The van der Waals surface area contributed by atoms with E-state index in [9.17, 15) is 22.0 Å². The second-order valence-corrected chi connectivity index (χ2v) is 8.96. The van der Waals surface area contributed by atoms with Crippen LogP contribution in [0.5, 0.6) is 0 Å². The van der Waals surface area contributed by atoms with Crippen molar-refractivity contribution in [3.63, 3.8) is 0 Å². The lowest BCUT2D eigenvalue weighted by molar-refractivity contribution is 0.102. The van der Waals surface area contributed by atoms with Gasteiger partial charge in [0.05, 0.1) is 4.90 Å². The molecule has 0 saturated carbocycles. The maximum absolute atomic E-state index is 13.3. The van der Waals surface area contributed by atoms with Crippen molar-refractivity contribution in [1.29, 1.82) is 0 Å². The lowest BCUT2D eigenvalue weighted by Crippen LogP contribution is -2.30. The Hall–Kier alpha value is -3.10. The summed E-state index contributed by atoms with van der Waals surface area (Å²) in [5.41, 5.74) is 2.12. The number of rotatable bonds is 7. The van der Waals surface area contributed by atoms with Crippen LogP contribution in [0.15, 0.2) is 71.6 Å². The lowest BCUT2D eigenvalue weighted by atomic mass is 10.1. The Morgan fingerprint density at radius 2 is 1.58 bits per heavy atom. The number of benzene rings is 3. The summed E-state index contributed by atoms with van der Waals surface area (Å²) in [6, 6.07) is 16.2. The highest BCUT2D eigenvalue weighted by Gasteiger charge is 2.23. The highest BCUT2D eigenvalue weighted by Crippen LogP contribution is 2.20. The summed E-state index contributed by atoms with van der Waals surface area (Å²) < 4.78 is 53.5. The zero-order valence-corrected chi connectivity index (χ0v) is 17.9. The first-order chi connectivity index (χ1) is 14.7. The van der Waals surface area contributed by atoms with Crippen LogP contribution in [0.25, 0.3) is 0 Å². The molecular weight excluding hydrogens is 422 g/mol. The molecule has 3 aromatic carbocycles. The maximum atomic E-state index is 13.3. The minimum atomic E-state index is -3.65. The average molecular weight is 445 g/mol. The molecule has 0 spiro atoms. The van der Waals surface area contributed by atoms with Crippen molar-refractivity contribution in [2.45, 2.75) is 25.3 Å². The first kappa shape index (κ1) is 22.6. The van der Waals surface area contributed by atoms with Gasteiger partial charge in [-0.3, -0.25) is 4.79 Å². The SMILES string of the molecule is CCN(Cc1ccc(C(=O)Nc2ccc(F)c(F)c2)cc1)S(=O)(=O)c1ccc(C)cc1. The molecule has 0 fully saturated rings. The normalized spacial score (nSPS) is 11.5. The molecule has 31 heavy (non-hydrogen) atoms. The fourth-order valence-corrected chi connectivity index (χ4v) is 4.41. The number of nitrogens with one attached hydrogen (secondary N) is 1. The predicted octanol–water partition coefficient (Wildman–Crippen LogP) is 4.74. The second-order valence-electron chi connectivity index (χ2n) is 7.02. The van der Waals surface area contributed by atoms with Gasteiger partial charge in [-0.25, -0.2) is 17.2 Å². The molecule has 3 aromatic rings. The minimum Gasteiger partial charge on any atom is -0.322 e. The van der Waals surface area contributed by atoms with Gasteiger partial charge in [0.1, 0.15) is 0 Å². The maximum Gasteiger partial charge on any atom is 0.255 e. The Morgan fingerprint density at radius 3 is 2.16 bits per heavy atom. The van der Waals surface area contributed by atoms with Gasteiger partial charge < -0.3 is 5.32 Å². The van der Waals surface area contributed by atoms with Gasteiger partial charge in [-0.15, -0.1) is 0 Å². The summed E-state index contributed by atoms with van der Waals surface area (Å²) in [7, 11) is -3.65. The summed E-state index contributed by atoms with van der Waals surface area (Å²) >= 11 is 0. The molecule has 0 aliphatic rings. The summed E-state index contributed by atoms with van der Waals surface area (Å²) in [5, 5.41) is 2.50. The molecule has 1 amide bonds. The number of sulfonamides is 1. The van der Waals surface area contributed by atoms with Crippen molar-refractivity contribution in [1.82, 2.24) is 4.31 Å². The summed E-state index contributed by atoms with van der Waals surface area (Å²) in [4.78, 5) is 12.6. The third kappa shape index (κ3) is 5.34. The van der Waals surface area contributed by atoms with Crippen molar-refractivity contribution in [2.24, 2.45) is 0 Å². The fourth-order valence-electron chi connectivity index (χ4n) is 2.97. The molecule has 5 nitrogen and oxygen atoms in total. The molecular formula is C23H22F2N2O3S. The van der Waals surface area contributed by atoms with Gasteiger partial charge in [-0.2, -0.15) is 4.31 Å². The lowest BCUT2D eigenvalue weighted by Gasteiger charge is -2.21. The zero-order valence-electron chi connectivity index (χ0n) is 17.1. The number of carbonyl (C=O) groups is 1. The number of amides is 1. The summed E-state index contributed by atoms with van der Waals surface area (Å²) in [5.74, 6) is -2.54. The number of nitrogens with zero attached hydrogens (tertiary/aromatic N) is 1. The van der Waals surface area contributed by atoms with Gasteiger partial charge >= 0.3 is 0 Å². The molecule has 0 atom stereocenters. The minimum absolute atomic E-state index is 0.134. The highest BCUT2D eigenvalue weighted by molar-refractivity contribution is 7.89. The van der Waals surface area contributed by atoms with E-state index in [1.807, 2.05) is 6.92 Å². The van der Waals surface area contributed by atoms with Crippen LogP contribution in [-0.4, -0.2) is 25.2 Å². The van der Waals surface area contributed by atoms with Crippen molar-refractivity contribution >= 4 is 21.6 Å². The van der Waals surface area contributed by atoms with Crippen LogP contribution in [0, 0.1) is 18.6 Å². The highest BCUT2D eigenvalue weighted by atomic mass is 32.2. The number of hydrogen-bond acceptors (Lipinski definition) is 3. The first-order valence-electron chi connectivity index (χ1n) is 9.63. The van der Waals surface area contributed by atoms with Crippen LogP contribution >= 0.6 is 0 Å². The van der Waals surface area contributed by atoms with Crippen molar-refractivity contribution in [3.05, 3.63) is 95.1 Å². The topological polar surface area (TPSA) is 66.5 Å². The van der Waals surface area contributed by atoms with Gasteiger partial charge in [-0.1, -0.05) is 36.8 Å². The zero-order chi connectivity index (χ0) is 22.6. The molecule has 8 heteroatoms. The van der Waals surface area contributed by atoms with Crippen molar-refractivity contribution in [2.75, 3.05) is 11.9 Å². The second kappa shape index (κ2) is 9.36. The monoisotopic (exact) mass is 444 g/mol. The van der Waals surface area contributed by atoms with Gasteiger partial charge in [0.25, 0.3) is 5.91 Å². The number of aryl methyl sites for hydroxylation is 1. The first-order valence-corrected chi connectivity index (χ1v) is 11.1. The summed E-state index contributed by atoms with van der Waals surface area (Å²) in [6.45, 7) is 4.08. The van der Waals surface area contributed by atoms with Crippen LogP contribution in [0.4, 0.5) is 14.5 Å². The number of halogens is 2. The molecule has 1 N–H and O–H groups in total. The Bertz CT molecular complexity index is 1180. The van der Waals surface area contributed by atoms with E-state index in [1.54, 1.807) is 55.5 Å². The smallest absolute Gasteiger partial charge is 0.255 e. The van der Waals surface area contributed by atoms with Crippen LogP contribution in [0.3, 0.4) is 0 Å². The molecule has 0 radical (unpaired) electrons. The van der Waals surface area contributed by atoms with E-state index in [2.05, 4.69) is 5.32 Å². The molecule has 0 aliphatic carbocycles. The van der Waals surface area contributed by atoms with Crippen LogP contribution in [0.1, 0.15) is 28.4 Å². The van der Waals surface area contributed by atoms with Gasteiger partial charge in [0.2, 0.25) is 10.0 Å². The predicted molar refractivity (Wildman–Crippen MR) is 115 cm³/mol. The van der Waals surface area contributed by atoms with Crippen LogP contribution in [0.2, 0.25) is 0 Å². The van der Waals surface area contributed by atoms with E-state index < -0.39 is 27.6 Å². The third-order valence-electron chi connectivity index (χ3n) is 4.76. The number of hydrogen-bond donors (Lipinski definition) is 1. The van der Waals surface area contributed by atoms with E-state index >= 15 is 0 Å². The molecule has 162 valence electrons. The van der Waals surface area contributed by atoms with E-state index in [-0.39, 0.29) is 23.7 Å². The van der Waals surface area contributed by atoms with E-state index in [1.165, 1.54) is 10.4 Å². The quantitative estimate of drug-likeness (QED) is 0.573. The Kier molecular flexibility index (Phi) is 6.82. The molecule has 0 aromatic heterocycles. The van der Waals surface area contributed by atoms with Crippen LogP contribution in [-0.2, 0) is 16.6 Å². The van der Waals surface area contributed by atoms with Crippen LogP contribution < -0.4 is 5.32 Å². The Morgan fingerprint density at radius 1 is 0.935 bits per heavy atom. The molecule has 0 aliphatic heterocycles. The van der Waals surface area contributed by atoms with Crippen molar-refractivity contribution < 1.29 is 22.0 Å². The largest absolute Gasteiger partial charge is 0.322 e. The van der Waals surface area contributed by atoms with Crippen molar-refractivity contribution in [3.8, 4) is 0 Å². The molecule has 0 bridgehead atoms.